The van der Waals surface area contributed by atoms with Gasteiger partial charge in [-0.3, -0.25) is 4.79 Å². The number of nitrogens with two attached hydrogens (primary N) is 1. The first-order valence-corrected chi connectivity index (χ1v) is 5.21. The number of hydrogen-bond donors (Lipinski definition) is 2. The number of nitrogens with zero attached hydrogens (tertiary/aromatic N) is 1. The number of Topliss-reactive ketones (excluding diaryl/α,β-unsaturated/α-hetero) is 1. The molecule has 0 saturated carbocycles. The zero-order valence-corrected chi connectivity index (χ0v) is 9.90. The molecule has 0 fully saturated rings. The smallest absolute Gasteiger partial charge is 0.161 e. The molecule has 0 aromatic heterocycles. The van der Waals surface area contributed by atoms with E-state index in [1.54, 1.807) is 19.1 Å². The minimum Gasteiger partial charge on any atom is -0.398 e. The average molecular weight is 222 g/mol. The van der Waals surface area contributed by atoms with E-state index < -0.39 is 6.10 Å². The first kappa shape index (κ1) is 12.5. The number of aliphatic hydroxyl groups excluding tert-OH is 1. The lowest BCUT2D eigenvalue weighted by Crippen LogP contribution is -2.26. The van der Waals surface area contributed by atoms with Crippen molar-refractivity contribution in [2.24, 2.45) is 0 Å². The topological polar surface area (TPSA) is 66.6 Å². The van der Waals surface area contributed by atoms with E-state index >= 15 is 0 Å². The second-order valence-corrected chi connectivity index (χ2v) is 4.06. The highest BCUT2D eigenvalue weighted by Gasteiger charge is 2.08. The van der Waals surface area contributed by atoms with Crippen LogP contribution < -0.4 is 10.6 Å². The molecule has 1 rings (SSSR count). The molecule has 4 nitrogen and oxygen atoms in total. The summed E-state index contributed by atoms with van der Waals surface area (Å²) in [5.41, 5.74) is 7.68. The van der Waals surface area contributed by atoms with Gasteiger partial charge in [-0.15, -0.1) is 0 Å². The highest BCUT2D eigenvalue weighted by atomic mass is 16.3. The number of likely N-dealkylation sites (N-methyl/N-ethyl adjacent to an activating group) is 1. The summed E-state index contributed by atoms with van der Waals surface area (Å²) in [6, 6.07) is 5.29. The third kappa shape index (κ3) is 2.97. The molecule has 0 aliphatic carbocycles. The van der Waals surface area contributed by atoms with Gasteiger partial charge in [-0.1, -0.05) is 0 Å². The van der Waals surface area contributed by atoms with Crippen LogP contribution in [-0.2, 0) is 0 Å². The van der Waals surface area contributed by atoms with Gasteiger partial charge in [-0.05, 0) is 32.0 Å². The molecule has 3 N–H and O–H groups in total. The van der Waals surface area contributed by atoms with Crippen LogP contribution in [0.4, 0.5) is 11.4 Å². The van der Waals surface area contributed by atoms with Crippen molar-refractivity contribution in [3.63, 3.8) is 0 Å². The lowest BCUT2D eigenvalue weighted by atomic mass is 10.1. The van der Waals surface area contributed by atoms with E-state index in [9.17, 15) is 9.90 Å². The summed E-state index contributed by atoms with van der Waals surface area (Å²) in [6.07, 6.45) is -0.404. The number of carbonyl (C=O) groups excluding carboxylic acids is 1. The van der Waals surface area contributed by atoms with Crippen molar-refractivity contribution in [3.05, 3.63) is 23.8 Å². The average Bonchev–Trinajstić information content (AvgIpc) is 2.15. The van der Waals surface area contributed by atoms with Gasteiger partial charge in [-0.2, -0.15) is 0 Å². The summed E-state index contributed by atoms with van der Waals surface area (Å²) in [7, 11) is 1.87. The maximum Gasteiger partial charge on any atom is 0.161 e. The van der Waals surface area contributed by atoms with Crippen LogP contribution in [0.15, 0.2) is 18.2 Å². The first-order valence-electron chi connectivity index (χ1n) is 5.21. The maximum absolute atomic E-state index is 11.2. The number of hydrogen-bond acceptors (Lipinski definition) is 4. The Labute approximate surface area is 95.7 Å². The molecule has 1 aromatic carbocycles. The van der Waals surface area contributed by atoms with Gasteiger partial charge in [0.1, 0.15) is 0 Å². The Morgan fingerprint density at radius 3 is 2.62 bits per heavy atom. The monoisotopic (exact) mass is 222 g/mol. The molecule has 0 aliphatic rings. The molecule has 0 saturated heterocycles. The Hall–Kier alpha value is -1.55. The molecule has 0 bridgehead atoms. The molecule has 16 heavy (non-hydrogen) atoms. The molecule has 1 unspecified atom stereocenters. The van der Waals surface area contributed by atoms with Crippen LogP contribution >= 0.6 is 0 Å². The number of carbonyl (C=O) groups is 1. The van der Waals surface area contributed by atoms with E-state index in [1.807, 2.05) is 18.0 Å². The van der Waals surface area contributed by atoms with Crippen LogP contribution in [0.5, 0.6) is 0 Å². The summed E-state index contributed by atoms with van der Waals surface area (Å²) in [6.45, 7) is 3.74. The van der Waals surface area contributed by atoms with Gasteiger partial charge in [0.25, 0.3) is 0 Å². The zero-order chi connectivity index (χ0) is 12.3. The number of aliphatic hydroxyl groups is 1. The Morgan fingerprint density at radius 1 is 1.56 bits per heavy atom. The number of benzene rings is 1. The van der Waals surface area contributed by atoms with Crippen molar-refractivity contribution < 1.29 is 9.90 Å². The maximum atomic E-state index is 11.2. The minimum atomic E-state index is -0.404. The number of ketones is 1. The van der Waals surface area contributed by atoms with Crippen molar-refractivity contribution in [3.8, 4) is 0 Å². The molecule has 88 valence electrons. The van der Waals surface area contributed by atoms with Crippen LogP contribution in [0, 0.1) is 0 Å². The predicted octanol–water partition coefficient (Wildman–Crippen LogP) is 1.29. The molecule has 0 aliphatic heterocycles. The van der Waals surface area contributed by atoms with Gasteiger partial charge in [0, 0.05) is 30.5 Å². The summed E-state index contributed by atoms with van der Waals surface area (Å²) in [5.74, 6) is -0.0396. The first-order chi connectivity index (χ1) is 7.41. The number of nitrogen functional groups attached to an aromatic ring is 1. The lowest BCUT2D eigenvalue weighted by Gasteiger charge is -2.21. The summed E-state index contributed by atoms with van der Waals surface area (Å²) in [4.78, 5) is 13.1. The van der Waals surface area contributed by atoms with E-state index in [2.05, 4.69) is 0 Å². The Bertz CT molecular complexity index is 389. The van der Waals surface area contributed by atoms with Gasteiger partial charge < -0.3 is 15.7 Å². The van der Waals surface area contributed by atoms with Crippen molar-refractivity contribution in [1.29, 1.82) is 0 Å². The summed E-state index contributed by atoms with van der Waals surface area (Å²) < 4.78 is 0. The van der Waals surface area contributed by atoms with E-state index in [1.165, 1.54) is 6.92 Å². The normalized spacial score (nSPS) is 12.2. The van der Waals surface area contributed by atoms with Crippen molar-refractivity contribution in [1.82, 2.24) is 0 Å². The minimum absolute atomic E-state index is 0.0396. The molecular weight excluding hydrogens is 204 g/mol. The molecule has 0 heterocycles. The van der Waals surface area contributed by atoms with Crippen molar-refractivity contribution in [2.45, 2.75) is 20.0 Å². The predicted molar refractivity (Wildman–Crippen MR) is 65.8 cm³/mol. The Balaban J connectivity index is 2.92. The molecular formula is C12H18N2O2. The second-order valence-electron chi connectivity index (χ2n) is 4.06. The third-order valence-corrected chi connectivity index (χ3v) is 2.39. The summed E-state index contributed by atoms with van der Waals surface area (Å²) in [5, 5.41) is 9.27. The van der Waals surface area contributed by atoms with E-state index in [0.717, 1.165) is 5.69 Å². The van der Waals surface area contributed by atoms with Gasteiger partial charge in [0.05, 0.1) is 6.10 Å². The van der Waals surface area contributed by atoms with E-state index in [4.69, 9.17) is 5.73 Å². The third-order valence-electron chi connectivity index (χ3n) is 2.39. The number of rotatable bonds is 4. The van der Waals surface area contributed by atoms with Crippen molar-refractivity contribution >= 4 is 17.2 Å². The highest BCUT2D eigenvalue weighted by Crippen LogP contribution is 2.21. The van der Waals surface area contributed by atoms with E-state index in [0.29, 0.717) is 17.8 Å². The van der Waals surface area contributed by atoms with Crippen LogP contribution in [0.2, 0.25) is 0 Å². The fraction of sp³-hybridized carbons (Fsp3) is 0.417. The molecule has 1 aromatic rings. The van der Waals surface area contributed by atoms with Gasteiger partial charge >= 0.3 is 0 Å². The van der Waals surface area contributed by atoms with Gasteiger partial charge in [0.15, 0.2) is 5.78 Å². The fourth-order valence-corrected chi connectivity index (χ4v) is 1.61. The van der Waals surface area contributed by atoms with E-state index in [-0.39, 0.29) is 5.78 Å². The van der Waals surface area contributed by atoms with Crippen LogP contribution in [0.3, 0.4) is 0 Å². The Kier molecular flexibility index (Phi) is 3.90. The molecule has 0 amide bonds. The summed E-state index contributed by atoms with van der Waals surface area (Å²) >= 11 is 0. The SMILES string of the molecule is CC(=O)c1ccc(N(C)CC(C)O)cc1N. The highest BCUT2D eigenvalue weighted by molar-refractivity contribution is 5.99. The Morgan fingerprint density at radius 2 is 2.19 bits per heavy atom. The van der Waals surface area contributed by atoms with Crippen LogP contribution in [0.25, 0.3) is 0 Å². The zero-order valence-electron chi connectivity index (χ0n) is 9.90. The van der Waals surface area contributed by atoms with Gasteiger partial charge in [-0.25, -0.2) is 0 Å². The largest absolute Gasteiger partial charge is 0.398 e. The van der Waals surface area contributed by atoms with Crippen LogP contribution in [-0.4, -0.2) is 30.6 Å². The molecule has 4 heteroatoms. The van der Waals surface area contributed by atoms with Crippen molar-refractivity contribution in [2.75, 3.05) is 24.2 Å². The second kappa shape index (κ2) is 4.99. The molecule has 0 radical (unpaired) electrons. The lowest BCUT2D eigenvalue weighted by molar-refractivity contribution is 0.101. The molecule has 0 spiro atoms. The fourth-order valence-electron chi connectivity index (χ4n) is 1.61. The van der Waals surface area contributed by atoms with Gasteiger partial charge in [0.2, 0.25) is 0 Å². The number of anilines is 2. The quantitative estimate of drug-likeness (QED) is 0.595. The van der Waals surface area contributed by atoms with Crippen LogP contribution in [0.1, 0.15) is 24.2 Å². The standard InChI is InChI=1S/C12H18N2O2/c1-8(15)7-14(3)10-4-5-11(9(2)16)12(13)6-10/h4-6,8,15H,7,13H2,1-3H3. The molecule has 1 atom stereocenters.